The van der Waals surface area contributed by atoms with E-state index in [0.29, 0.717) is 104 Å². The van der Waals surface area contributed by atoms with Crippen LogP contribution >= 0.6 is 0 Å². The van der Waals surface area contributed by atoms with Crippen LogP contribution in [-0.4, -0.2) is 212 Å². The van der Waals surface area contributed by atoms with E-state index in [1.54, 1.807) is 55.9 Å². The summed E-state index contributed by atoms with van der Waals surface area (Å²) in [6, 6.07) is 13.5. The Morgan fingerprint density at radius 1 is 0.613 bits per heavy atom. The van der Waals surface area contributed by atoms with Crippen molar-refractivity contribution in [2.24, 2.45) is 5.92 Å². The number of rotatable bonds is 47. The number of likely N-dealkylation sites (N-methyl/N-ethyl adjacent to an activating group) is 1. The van der Waals surface area contributed by atoms with Gasteiger partial charge in [-0.1, -0.05) is 88.6 Å². The number of carbonyl (C=O) groups is 4. The predicted molar refractivity (Wildman–Crippen MR) is 439 cm³/mol. The van der Waals surface area contributed by atoms with Crippen LogP contribution in [0.15, 0.2) is 146 Å². The Balaban J connectivity index is 0.764. The molecule has 35 nitrogen and oxygen atoms in total. The number of ether oxygens (including phenoxy) is 4. The smallest absolute Gasteiger partial charge is 0.295 e. The Morgan fingerprint density at radius 2 is 1.19 bits per heavy atom. The van der Waals surface area contributed by atoms with Gasteiger partial charge in [-0.2, -0.15) is 42.6 Å². The lowest BCUT2D eigenvalue weighted by molar-refractivity contribution is -0.438. The third kappa shape index (κ3) is 23.5. The maximum absolute atomic E-state index is 14.0. The number of sulfonamides is 1. The van der Waals surface area contributed by atoms with Crippen LogP contribution in [-0.2, 0) is 121 Å². The highest BCUT2D eigenvalue weighted by Gasteiger charge is 2.47. The Morgan fingerprint density at radius 3 is 1.78 bits per heavy atom. The van der Waals surface area contributed by atoms with Crippen molar-refractivity contribution in [1.82, 2.24) is 50.4 Å². The van der Waals surface area contributed by atoms with Crippen molar-refractivity contribution in [3.8, 4) is 5.75 Å². The quantitative estimate of drug-likeness (QED) is 0.00442. The third-order valence-electron chi connectivity index (χ3n) is 20.8. The van der Waals surface area contributed by atoms with Crippen molar-refractivity contribution in [1.29, 1.82) is 0 Å². The van der Waals surface area contributed by atoms with Crippen molar-refractivity contribution in [2.75, 3.05) is 71.3 Å². The lowest BCUT2D eigenvalue weighted by Gasteiger charge is -2.31. The Kier molecular flexibility index (Phi) is 31.9. The first-order chi connectivity index (χ1) is 56.2. The monoisotopic (exact) mass is 1750 g/mol. The summed E-state index contributed by atoms with van der Waals surface area (Å²) in [4.78, 5) is 52.4. The Labute approximate surface area is 693 Å². The van der Waals surface area contributed by atoms with Crippen molar-refractivity contribution < 1.29 is 108 Å². The second kappa shape index (κ2) is 40.5. The van der Waals surface area contributed by atoms with Crippen LogP contribution in [0.4, 0.5) is 11.4 Å². The zero-order chi connectivity index (χ0) is 87.0. The standard InChI is InChI=1S/C79H104N12O23S5/c1-10-12-22-54-49-88(86-82-54)52-72(93)81-65(76(94)80-36-39-112-41-43-114-44-42-113-40-38-87-50-55(83-85-87)51-91(75(53(3)4)77(95)84-96)115(97,98)58-30-28-57(111-9)29-31-58)25-18-13-16-23-56(92)24-17-15-21-37-90-67-35-33-62-64(46-60(117(102,103)104)48-69(62)119(108,109)110)74(67)79(7,8)71(90)27-20-14-19-26-70-78(5,6)73-63-45-59(116(99,100)101)47-68(118(105,106)107)61(63)32-34-66(73)89(70)11-2/h14,19-20,26-35,45-50,53,65,75H,10-13,15-18,21-25,36-44,51-52H2,1-9H3,(H7-,80,81,82,83,84,85,86,93,94,95,96,99,100,101,102,103,104,105,106,107,108,109,110)/p+1/t65-,75+/m0/s1. The molecular weight excluding hydrogens is 1650 g/mol. The van der Waals surface area contributed by atoms with Crippen molar-refractivity contribution in [3.05, 3.63) is 144 Å². The number of benzene rings is 5. The molecule has 0 spiro atoms. The van der Waals surface area contributed by atoms with E-state index < -0.39 is 117 Å². The number of anilines is 1. The van der Waals surface area contributed by atoms with E-state index in [2.05, 4.69) is 38.2 Å². The summed E-state index contributed by atoms with van der Waals surface area (Å²) < 4.78 is 198. The number of methoxy groups -OCH3 is 1. The molecule has 0 bridgehead atoms. The molecule has 119 heavy (non-hydrogen) atoms. The summed E-state index contributed by atoms with van der Waals surface area (Å²) in [5, 5.41) is 32.1. The van der Waals surface area contributed by atoms with E-state index in [0.717, 1.165) is 28.5 Å². The van der Waals surface area contributed by atoms with E-state index in [1.807, 2.05) is 56.2 Å². The number of hydrogen-bond acceptors (Lipinski definition) is 24. The van der Waals surface area contributed by atoms with Gasteiger partial charge in [-0.3, -0.25) is 42.6 Å². The largest absolute Gasteiger partial charge is 0.497 e. The lowest BCUT2D eigenvalue weighted by atomic mass is 9.79. The third-order valence-corrected chi connectivity index (χ3v) is 26.0. The number of aryl methyl sites for hydroxylation is 1. The second-order valence-corrected chi connectivity index (χ2v) is 37.8. The minimum Gasteiger partial charge on any atom is -0.497 e. The number of fused-ring (bicyclic) bond motifs is 6. The van der Waals surface area contributed by atoms with Crippen molar-refractivity contribution in [2.45, 2.75) is 199 Å². The van der Waals surface area contributed by atoms with Crippen LogP contribution in [0.1, 0.15) is 149 Å². The molecule has 0 radical (unpaired) electrons. The zero-order valence-electron chi connectivity index (χ0n) is 67.8. The average Bonchev–Trinajstić information content (AvgIpc) is 1.58. The van der Waals surface area contributed by atoms with Gasteiger partial charge in [0, 0.05) is 90.0 Å². The fraction of sp³-hybridized carbons (Fsp3) is 0.481. The Hall–Kier alpha value is -9.14. The maximum atomic E-state index is 14.0. The molecule has 2 aliphatic rings. The minimum absolute atomic E-state index is 0.00873. The number of hydrogen-bond donors (Lipinski definition) is 8. The van der Waals surface area contributed by atoms with E-state index in [-0.39, 0.29) is 123 Å². The van der Waals surface area contributed by atoms with Crippen LogP contribution in [0, 0.1) is 5.92 Å². The number of allylic oxidation sites excluding steroid dienone is 6. The lowest BCUT2D eigenvalue weighted by Crippen LogP contribution is -2.51. The first-order valence-electron chi connectivity index (χ1n) is 39.0. The molecule has 0 fully saturated rings. The maximum Gasteiger partial charge on any atom is 0.295 e. The number of ketones is 1. The summed E-state index contributed by atoms with van der Waals surface area (Å²) in [7, 11) is -22.8. The van der Waals surface area contributed by atoms with Gasteiger partial charge in [0.15, 0.2) is 5.71 Å². The number of unbranched alkanes of at least 4 members (excludes halogenated alkanes) is 5. The molecule has 8 N–H and O–H groups in total. The van der Waals surface area contributed by atoms with Crippen LogP contribution in [0.25, 0.3) is 21.5 Å². The predicted octanol–water partition coefficient (Wildman–Crippen LogP) is 8.56. The summed E-state index contributed by atoms with van der Waals surface area (Å²) in [6.07, 6.45) is 18.9. The van der Waals surface area contributed by atoms with E-state index >= 15 is 0 Å². The van der Waals surface area contributed by atoms with Gasteiger partial charge in [0.1, 0.15) is 46.5 Å². The van der Waals surface area contributed by atoms with Gasteiger partial charge in [-0.05, 0) is 148 Å². The van der Waals surface area contributed by atoms with Gasteiger partial charge in [0.05, 0.1) is 91.3 Å². The molecule has 648 valence electrons. The number of Topliss-reactive ketones (excluding diaryl/α,β-unsaturated/α-hetero) is 1. The molecule has 0 aliphatic carbocycles. The van der Waals surface area contributed by atoms with Gasteiger partial charge in [0.2, 0.25) is 27.5 Å². The summed E-state index contributed by atoms with van der Waals surface area (Å²) in [6.45, 7) is 16.6. The molecule has 40 heteroatoms. The van der Waals surface area contributed by atoms with Gasteiger partial charge < -0.3 is 34.5 Å². The summed E-state index contributed by atoms with van der Waals surface area (Å²) >= 11 is 0. The highest BCUT2D eigenvalue weighted by Crippen LogP contribution is 2.52. The second-order valence-electron chi connectivity index (χ2n) is 30.3. The van der Waals surface area contributed by atoms with Crippen LogP contribution in [0.2, 0.25) is 0 Å². The molecule has 5 aromatic carbocycles. The number of amides is 3. The van der Waals surface area contributed by atoms with E-state index in [1.165, 1.54) is 71.2 Å². The average molecular weight is 1750 g/mol. The highest BCUT2D eigenvalue weighted by atomic mass is 32.2. The zero-order valence-corrected chi connectivity index (χ0v) is 71.9. The number of nitrogens with zero attached hydrogens (tertiary/aromatic N) is 9. The van der Waals surface area contributed by atoms with Crippen LogP contribution < -0.4 is 25.8 Å². The van der Waals surface area contributed by atoms with Crippen LogP contribution in [0.3, 0.4) is 0 Å². The number of carbonyl (C=O) groups excluding carboxylic acids is 4. The molecule has 9 rings (SSSR count). The van der Waals surface area contributed by atoms with Crippen molar-refractivity contribution in [3.63, 3.8) is 0 Å². The first-order valence-corrected chi connectivity index (χ1v) is 46.2. The van der Waals surface area contributed by atoms with Crippen LogP contribution in [0.5, 0.6) is 5.75 Å². The fourth-order valence-corrected chi connectivity index (χ4v) is 19.4. The number of hydroxylamine groups is 1. The van der Waals surface area contributed by atoms with Gasteiger partial charge in [-0.15, -0.1) is 10.2 Å². The molecular formula is C79H105N12O23S5+. The molecule has 7 aromatic rings. The normalized spacial score (nSPS) is 15.3. The Bertz CT molecular complexity index is 5590. The highest BCUT2D eigenvalue weighted by molar-refractivity contribution is 7.89. The minimum atomic E-state index is -5.04. The van der Waals surface area contributed by atoms with Gasteiger partial charge in [-0.25, -0.2) is 23.3 Å². The molecule has 4 heterocycles. The topological polar surface area (TPSA) is 484 Å². The molecule has 2 atom stereocenters. The van der Waals surface area contributed by atoms with Crippen molar-refractivity contribution >= 4 is 113 Å². The molecule has 2 aliphatic heterocycles. The SMILES string of the molecule is CCCCc1cn(CC(=O)N[C@@H](CCCCCC(=O)CCCCC[N+]2=C(/C=C/C=C/C=C3\N(CC)c4ccc5c(S(=O)(=O)O)cc(S(=O)(=O)O)cc5c4C3(C)C)C(C)(C)c3c2ccc2c(S(=O)(=O)O)cc(S(=O)(=O)O)cc32)C(=O)NCCOCCOCCOCCn2cc(CN([C@@H](C(=O)NO)C(C)C)S(=O)(=O)c3ccc(OC)cc3)nn2)nn1. The van der Waals surface area contributed by atoms with Gasteiger partial charge >= 0.3 is 0 Å². The summed E-state index contributed by atoms with van der Waals surface area (Å²) in [5.74, 6) is -1.87. The first kappa shape index (κ1) is 93.7. The molecule has 3 amide bonds. The molecule has 0 saturated carbocycles. The number of aromatic nitrogens is 6. The van der Waals surface area contributed by atoms with Gasteiger partial charge in [0.25, 0.3) is 46.4 Å². The van der Waals surface area contributed by atoms with E-state index in [9.17, 15) is 84.7 Å². The molecule has 2 aromatic heterocycles. The number of nitrogens with one attached hydrogen (secondary N) is 3. The van der Waals surface area contributed by atoms with E-state index in [4.69, 9.17) is 18.9 Å². The molecule has 0 saturated heterocycles. The fourth-order valence-electron chi connectivity index (χ4n) is 15.0. The summed E-state index contributed by atoms with van der Waals surface area (Å²) in [5.41, 5.74) is 4.32. The molecule has 0 unspecified atom stereocenters.